The van der Waals surface area contributed by atoms with Crippen LogP contribution in [-0.2, 0) is 6.18 Å². The molecule has 0 saturated heterocycles. The Morgan fingerprint density at radius 3 is 2.61 bits per heavy atom. The smallest absolute Gasteiger partial charge is 0.330 e. The van der Waals surface area contributed by atoms with E-state index in [2.05, 4.69) is 15.3 Å². The highest BCUT2D eigenvalue weighted by Crippen LogP contribution is 2.35. The van der Waals surface area contributed by atoms with Crippen molar-refractivity contribution in [1.29, 1.82) is 0 Å². The zero-order valence-electron chi connectivity index (χ0n) is 11.4. The molecule has 2 heterocycles. The van der Waals surface area contributed by atoms with Gasteiger partial charge in [0.15, 0.2) is 5.13 Å². The van der Waals surface area contributed by atoms with Crippen molar-refractivity contribution >= 4 is 33.8 Å². The maximum Gasteiger partial charge on any atom is 0.416 e. The van der Waals surface area contributed by atoms with Crippen molar-refractivity contribution < 1.29 is 13.2 Å². The fourth-order valence-electron chi connectivity index (χ4n) is 1.88. The lowest BCUT2D eigenvalue weighted by Crippen LogP contribution is -2.05. The molecule has 0 aliphatic carbocycles. The van der Waals surface area contributed by atoms with Crippen molar-refractivity contribution in [3.8, 4) is 11.4 Å². The lowest BCUT2D eigenvalue weighted by molar-refractivity contribution is -0.137. The molecule has 0 aliphatic rings. The van der Waals surface area contributed by atoms with Gasteiger partial charge in [-0.25, -0.2) is 4.98 Å². The van der Waals surface area contributed by atoms with Crippen LogP contribution in [0.2, 0.25) is 5.02 Å². The van der Waals surface area contributed by atoms with E-state index in [0.29, 0.717) is 16.5 Å². The zero-order valence-corrected chi connectivity index (χ0v) is 13.0. The molecule has 23 heavy (non-hydrogen) atoms. The van der Waals surface area contributed by atoms with Crippen LogP contribution in [0.15, 0.2) is 48.0 Å². The number of pyridine rings is 1. The van der Waals surface area contributed by atoms with E-state index in [-0.39, 0.29) is 10.7 Å². The first kappa shape index (κ1) is 15.8. The van der Waals surface area contributed by atoms with Crippen LogP contribution in [0.4, 0.5) is 24.0 Å². The van der Waals surface area contributed by atoms with Crippen LogP contribution in [0, 0.1) is 0 Å². The summed E-state index contributed by atoms with van der Waals surface area (Å²) in [7, 11) is 0. The summed E-state index contributed by atoms with van der Waals surface area (Å²) in [6.07, 6.45) is -2.78. The minimum Gasteiger partial charge on any atom is -0.330 e. The van der Waals surface area contributed by atoms with Crippen LogP contribution < -0.4 is 5.32 Å². The minimum atomic E-state index is -4.43. The van der Waals surface area contributed by atoms with E-state index in [4.69, 9.17) is 11.6 Å². The topological polar surface area (TPSA) is 37.8 Å². The molecule has 0 amide bonds. The van der Waals surface area contributed by atoms with E-state index < -0.39 is 11.7 Å². The molecule has 2 aromatic heterocycles. The van der Waals surface area contributed by atoms with E-state index in [1.165, 1.54) is 17.4 Å². The van der Waals surface area contributed by atoms with Gasteiger partial charge in [-0.2, -0.15) is 13.2 Å². The van der Waals surface area contributed by atoms with Gasteiger partial charge in [-0.3, -0.25) is 4.98 Å². The summed E-state index contributed by atoms with van der Waals surface area (Å²) in [5, 5.41) is 5.22. The Kier molecular flexibility index (Phi) is 4.23. The van der Waals surface area contributed by atoms with Gasteiger partial charge >= 0.3 is 6.18 Å². The molecule has 0 aliphatic heterocycles. The molecule has 3 nitrogen and oxygen atoms in total. The number of hydrogen-bond acceptors (Lipinski definition) is 4. The minimum absolute atomic E-state index is 0.156. The van der Waals surface area contributed by atoms with Gasteiger partial charge < -0.3 is 5.32 Å². The lowest BCUT2D eigenvalue weighted by Gasteiger charge is -2.10. The molecule has 1 N–H and O–H groups in total. The molecule has 118 valence electrons. The second kappa shape index (κ2) is 6.17. The zero-order chi connectivity index (χ0) is 16.4. The van der Waals surface area contributed by atoms with Gasteiger partial charge in [-0.15, -0.1) is 11.3 Å². The molecule has 8 heteroatoms. The maximum absolute atomic E-state index is 12.8. The number of anilines is 2. The van der Waals surface area contributed by atoms with E-state index in [9.17, 15) is 13.2 Å². The third-order valence-corrected chi connectivity index (χ3v) is 4.05. The second-order valence-corrected chi connectivity index (χ2v) is 5.84. The van der Waals surface area contributed by atoms with Gasteiger partial charge in [0.2, 0.25) is 0 Å². The van der Waals surface area contributed by atoms with E-state index in [1.54, 1.807) is 23.7 Å². The summed E-state index contributed by atoms with van der Waals surface area (Å²) in [6.45, 7) is 0. The van der Waals surface area contributed by atoms with Crippen molar-refractivity contribution in [2.45, 2.75) is 6.18 Å². The SMILES string of the molecule is FC(F)(F)c1ccc(Cl)c(Nc2nc(-c3ccccn3)cs2)c1. The molecule has 0 saturated carbocycles. The highest BCUT2D eigenvalue weighted by molar-refractivity contribution is 7.14. The van der Waals surface area contributed by atoms with Crippen LogP contribution in [-0.4, -0.2) is 9.97 Å². The Hall–Kier alpha value is -2.12. The molecule has 3 aromatic rings. The predicted molar refractivity (Wildman–Crippen MR) is 85.1 cm³/mol. The fourth-order valence-corrected chi connectivity index (χ4v) is 2.76. The summed E-state index contributed by atoms with van der Waals surface area (Å²) in [4.78, 5) is 8.49. The standard InChI is InChI=1S/C15H9ClF3N3S/c16-10-5-4-9(15(17,18)19)7-12(10)21-14-22-13(8-23-14)11-3-1-2-6-20-11/h1-8H,(H,21,22). The number of hydrogen-bond donors (Lipinski definition) is 1. The number of aromatic nitrogens is 2. The van der Waals surface area contributed by atoms with Crippen LogP contribution >= 0.6 is 22.9 Å². The Morgan fingerprint density at radius 2 is 1.91 bits per heavy atom. The summed E-state index contributed by atoms with van der Waals surface area (Å²) in [5.74, 6) is 0. The molecule has 0 unspecified atom stereocenters. The third kappa shape index (κ3) is 3.62. The van der Waals surface area contributed by atoms with Gasteiger partial charge in [0.1, 0.15) is 5.69 Å². The molecular formula is C15H9ClF3N3S. The Balaban J connectivity index is 1.87. The summed E-state index contributed by atoms with van der Waals surface area (Å²) in [5.41, 5.74) is 0.711. The van der Waals surface area contributed by atoms with Crippen molar-refractivity contribution in [3.63, 3.8) is 0 Å². The maximum atomic E-state index is 12.8. The molecule has 0 radical (unpaired) electrons. The first-order valence-corrected chi connectivity index (χ1v) is 7.70. The van der Waals surface area contributed by atoms with Crippen molar-refractivity contribution in [2.75, 3.05) is 5.32 Å². The number of nitrogens with one attached hydrogen (secondary N) is 1. The summed E-state index contributed by atoms with van der Waals surface area (Å²) in [6, 6.07) is 8.53. The van der Waals surface area contributed by atoms with Crippen LogP contribution in [0.5, 0.6) is 0 Å². The largest absolute Gasteiger partial charge is 0.416 e. The number of nitrogens with zero attached hydrogens (tertiary/aromatic N) is 2. The van der Waals surface area contributed by atoms with Gasteiger partial charge in [0, 0.05) is 11.6 Å². The number of benzene rings is 1. The second-order valence-electron chi connectivity index (χ2n) is 4.57. The lowest BCUT2D eigenvalue weighted by atomic mass is 10.2. The average Bonchev–Trinajstić information content (AvgIpc) is 2.98. The first-order chi connectivity index (χ1) is 10.9. The summed E-state index contributed by atoms with van der Waals surface area (Å²) < 4.78 is 38.3. The van der Waals surface area contributed by atoms with Gasteiger partial charge in [0.05, 0.1) is 22.0 Å². The van der Waals surface area contributed by atoms with Gasteiger partial charge in [-0.1, -0.05) is 17.7 Å². The fraction of sp³-hybridized carbons (Fsp3) is 0.0667. The Labute approximate surface area is 138 Å². The highest BCUT2D eigenvalue weighted by atomic mass is 35.5. The first-order valence-electron chi connectivity index (χ1n) is 6.44. The molecule has 3 rings (SSSR count). The monoisotopic (exact) mass is 355 g/mol. The van der Waals surface area contributed by atoms with Gasteiger partial charge in [-0.05, 0) is 30.3 Å². The number of halogens is 4. The molecule has 0 bridgehead atoms. The number of thiazole rings is 1. The quantitative estimate of drug-likeness (QED) is 0.662. The van der Waals surface area contributed by atoms with Crippen molar-refractivity contribution in [1.82, 2.24) is 9.97 Å². The highest BCUT2D eigenvalue weighted by Gasteiger charge is 2.31. The Morgan fingerprint density at radius 1 is 1.09 bits per heavy atom. The molecule has 0 atom stereocenters. The Bertz CT molecular complexity index is 818. The van der Waals surface area contributed by atoms with E-state index >= 15 is 0 Å². The van der Waals surface area contributed by atoms with Crippen LogP contribution in [0.25, 0.3) is 11.4 Å². The molecule has 0 spiro atoms. The average molecular weight is 356 g/mol. The van der Waals surface area contributed by atoms with Gasteiger partial charge in [0.25, 0.3) is 0 Å². The number of alkyl halides is 3. The molecule has 0 fully saturated rings. The molecular weight excluding hydrogens is 347 g/mol. The van der Waals surface area contributed by atoms with Crippen LogP contribution in [0.1, 0.15) is 5.56 Å². The van der Waals surface area contributed by atoms with E-state index in [0.717, 1.165) is 12.1 Å². The third-order valence-electron chi connectivity index (χ3n) is 2.97. The summed E-state index contributed by atoms with van der Waals surface area (Å²) >= 11 is 7.21. The predicted octanol–water partition coefficient (Wildman–Crippen LogP) is 5.62. The molecule has 1 aromatic carbocycles. The normalized spacial score (nSPS) is 11.5. The van der Waals surface area contributed by atoms with Crippen molar-refractivity contribution in [2.24, 2.45) is 0 Å². The number of rotatable bonds is 3. The van der Waals surface area contributed by atoms with E-state index in [1.807, 2.05) is 6.07 Å². The van der Waals surface area contributed by atoms with Crippen LogP contribution in [0.3, 0.4) is 0 Å². The van der Waals surface area contributed by atoms with Crippen molar-refractivity contribution in [3.05, 3.63) is 58.6 Å².